The summed E-state index contributed by atoms with van der Waals surface area (Å²) in [7, 11) is 3.17. The molecule has 0 spiro atoms. The third-order valence-corrected chi connectivity index (χ3v) is 2.73. The van der Waals surface area contributed by atoms with E-state index in [-0.39, 0.29) is 6.29 Å². The second-order valence-corrected chi connectivity index (χ2v) is 4.36. The molecular weight excluding hydrogens is 288 g/mol. The average Bonchev–Trinajstić information content (AvgIpc) is 2.30. The van der Waals surface area contributed by atoms with Gasteiger partial charge >= 0.3 is 0 Å². The molecule has 0 amide bonds. The van der Waals surface area contributed by atoms with Gasteiger partial charge in [0.25, 0.3) is 0 Å². The monoisotopic (exact) mass is 304 g/mol. The molecule has 0 saturated carbocycles. The maximum atomic E-state index is 5.80. The third-order valence-electron chi connectivity index (χ3n) is 2.28. The summed E-state index contributed by atoms with van der Waals surface area (Å²) in [5, 5.41) is 0. The minimum atomic E-state index is -0.277. The quantitative estimate of drug-likeness (QED) is 0.621. The van der Waals surface area contributed by atoms with Crippen LogP contribution in [0.1, 0.15) is 6.42 Å². The number of benzene rings is 1. The molecule has 0 radical (unpaired) electrons. The van der Waals surface area contributed by atoms with Crippen LogP contribution in [0.5, 0.6) is 5.75 Å². The third kappa shape index (κ3) is 4.07. The van der Waals surface area contributed by atoms with Gasteiger partial charge in [0.15, 0.2) is 6.29 Å². The first-order valence-corrected chi connectivity index (χ1v) is 5.90. The van der Waals surface area contributed by atoms with Crippen LogP contribution in [0.2, 0.25) is 0 Å². The summed E-state index contributed by atoms with van der Waals surface area (Å²) < 4.78 is 16.5. The smallest absolute Gasteiger partial charge is 0.160 e. The lowest BCUT2D eigenvalue weighted by molar-refractivity contribution is -0.110. The van der Waals surface area contributed by atoms with Crippen molar-refractivity contribution in [2.45, 2.75) is 12.7 Å². The molecule has 0 aliphatic heterocycles. The lowest BCUT2D eigenvalue weighted by Crippen LogP contribution is -2.17. The van der Waals surface area contributed by atoms with Crippen molar-refractivity contribution in [2.24, 2.45) is 0 Å². The van der Waals surface area contributed by atoms with Crippen LogP contribution in [0.4, 0.5) is 11.4 Å². The van der Waals surface area contributed by atoms with E-state index in [1.54, 1.807) is 26.4 Å². The highest BCUT2D eigenvalue weighted by atomic mass is 79.9. The zero-order valence-electron chi connectivity index (χ0n) is 9.90. The van der Waals surface area contributed by atoms with Crippen molar-refractivity contribution in [3.8, 4) is 5.75 Å². The molecule has 1 aromatic carbocycles. The van der Waals surface area contributed by atoms with E-state index < -0.39 is 0 Å². The predicted molar refractivity (Wildman–Crippen MR) is 70.9 cm³/mol. The van der Waals surface area contributed by atoms with Gasteiger partial charge in [-0.15, -0.1) is 0 Å². The fourth-order valence-corrected chi connectivity index (χ4v) is 1.78. The van der Waals surface area contributed by atoms with Crippen molar-refractivity contribution in [3.63, 3.8) is 0 Å². The minimum absolute atomic E-state index is 0.277. The molecule has 1 aromatic rings. The maximum absolute atomic E-state index is 5.80. The lowest BCUT2D eigenvalue weighted by Gasteiger charge is -2.15. The molecule has 0 saturated heterocycles. The van der Waals surface area contributed by atoms with Gasteiger partial charge in [-0.25, -0.2) is 0 Å². The van der Waals surface area contributed by atoms with E-state index in [1.807, 2.05) is 0 Å². The van der Waals surface area contributed by atoms with E-state index in [0.29, 0.717) is 30.2 Å². The Hall–Kier alpha value is -0.980. The summed E-state index contributed by atoms with van der Waals surface area (Å²) in [5.41, 5.74) is 12.5. The van der Waals surface area contributed by atoms with Crippen molar-refractivity contribution in [3.05, 3.63) is 16.6 Å². The van der Waals surface area contributed by atoms with E-state index >= 15 is 0 Å². The number of ether oxygens (including phenoxy) is 3. The number of halogens is 1. The fraction of sp³-hybridized carbons (Fsp3) is 0.455. The number of anilines is 2. The highest BCUT2D eigenvalue weighted by Crippen LogP contribution is 2.31. The van der Waals surface area contributed by atoms with E-state index in [1.165, 1.54) is 0 Å². The van der Waals surface area contributed by atoms with Crippen LogP contribution in [0.15, 0.2) is 16.6 Å². The molecular formula is C11H17BrN2O3. The van der Waals surface area contributed by atoms with Crippen LogP contribution in [0.3, 0.4) is 0 Å². The Morgan fingerprint density at radius 2 is 1.88 bits per heavy atom. The number of rotatable bonds is 6. The SMILES string of the molecule is COC(CCOc1cc(Br)cc(N)c1N)OC. The van der Waals surface area contributed by atoms with Crippen LogP contribution in [-0.4, -0.2) is 27.1 Å². The molecule has 5 nitrogen and oxygen atoms in total. The summed E-state index contributed by atoms with van der Waals surface area (Å²) in [6.07, 6.45) is 0.333. The van der Waals surface area contributed by atoms with Gasteiger partial charge in [-0.2, -0.15) is 0 Å². The number of nitrogens with two attached hydrogens (primary N) is 2. The summed E-state index contributed by atoms with van der Waals surface area (Å²) in [5.74, 6) is 0.558. The average molecular weight is 305 g/mol. The second-order valence-electron chi connectivity index (χ2n) is 3.44. The van der Waals surface area contributed by atoms with Crippen molar-refractivity contribution in [1.82, 2.24) is 0 Å². The molecule has 4 N–H and O–H groups in total. The van der Waals surface area contributed by atoms with Crippen LogP contribution < -0.4 is 16.2 Å². The van der Waals surface area contributed by atoms with Gasteiger partial charge < -0.3 is 25.7 Å². The Morgan fingerprint density at radius 1 is 1.24 bits per heavy atom. The number of methoxy groups -OCH3 is 2. The van der Waals surface area contributed by atoms with Gasteiger partial charge in [0.1, 0.15) is 5.75 Å². The molecule has 0 bridgehead atoms. The van der Waals surface area contributed by atoms with Crippen molar-refractivity contribution in [1.29, 1.82) is 0 Å². The summed E-state index contributed by atoms with van der Waals surface area (Å²) in [6.45, 7) is 0.437. The Labute approximate surface area is 109 Å². The van der Waals surface area contributed by atoms with E-state index in [4.69, 9.17) is 25.7 Å². The highest BCUT2D eigenvalue weighted by molar-refractivity contribution is 9.10. The van der Waals surface area contributed by atoms with Gasteiger partial charge in [0.05, 0.1) is 18.0 Å². The lowest BCUT2D eigenvalue weighted by atomic mass is 10.2. The van der Waals surface area contributed by atoms with Crippen LogP contribution >= 0.6 is 15.9 Å². The predicted octanol–water partition coefficient (Wildman–Crippen LogP) is 2.00. The van der Waals surface area contributed by atoms with Gasteiger partial charge in [-0.1, -0.05) is 15.9 Å². The normalized spacial score (nSPS) is 10.8. The standard InChI is InChI=1S/C11H17BrN2O3/c1-15-10(16-2)3-4-17-9-6-7(12)5-8(13)11(9)14/h5-6,10H,3-4,13-14H2,1-2H3. The molecule has 0 aliphatic rings. The summed E-state index contributed by atoms with van der Waals surface area (Å²) >= 11 is 3.33. The molecule has 0 atom stereocenters. The van der Waals surface area contributed by atoms with E-state index in [0.717, 1.165) is 4.47 Å². The Bertz CT molecular complexity index is 370. The Kier molecular flexibility index (Phi) is 5.54. The Morgan fingerprint density at radius 3 is 2.47 bits per heavy atom. The first-order valence-electron chi connectivity index (χ1n) is 5.11. The number of hydrogen-bond donors (Lipinski definition) is 2. The summed E-state index contributed by atoms with van der Waals surface area (Å²) in [4.78, 5) is 0. The number of hydrogen-bond acceptors (Lipinski definition) is 5. The Balaban J connectivity index is 2.57. The van der Waals surface area contributed by atoms with Crippen LogP contribution in [-0.2, 0) is 9.47 Å². The fourth-order valence-electron chi connectivity index (χ4n) is 1.33. The van der Waals surface area contributed by atoms with Gasteiger partial charge in [-0.3, -0.25) is 0 Å². The minimum Gasteiger partial charge on any atom is -0.491 e. The topological polar surface area (TPSA) is 79.7 Å². The first-order chi connectivity index (χ1) is 8.08. The molecule has 1 rings (SSSR count). The van der Waals surface area contributed by atoms with Gasteiger partial charge in [0.2, 0.25) is 0 Å². The molecule has 6 heteroatoms. The van der Waals surface area contributed by atoms with E-state index in [9.17, 15) is 0 Å². The van der Waals surface area contributed by atoms with Crippen LogP contribution in [0, 0.1) is 0 Å². The molecule has 0 unspecified atom stereocenters. The summed E-state index contributed by atoms with van der Waals surface area (Å²) in [6, 6.07) is 3.51. The molecule has 0 fully saturated rings. The first kappa shape index (κ1) is 14.1. The van der Waals surface area contributed by atoms with Crippen molar-refractivity contribution < 1.29 is 14.2 Å². The van der Waals surface area contributed by atoms with Crippen molar-refractivity contribution in [2.75, 3.05) is 32.3 Å². The largest absolute Gasteiger partial charge is 0.491 e. The van der Waals surface area contributed by atoms with Gasteiger partial charge in [0, 0.05) is 25.1 Å². The van der Waals surface area contributed by atoms with Gasteiger partial charge in [-0.05, 0) is 12.1 Å². The molecule has 0 aliphatic carbocycles. The molecule has 17 heavy (non-hydrogen) atoms. The van der Waals surface area contributed by atoms with E-state index in [2.05, 4.69) is 15.9 Å². The zero-order chi connectivity index (χ0) is 12.8. The number of nitrogen functional groups attached to an aromatic ring is 2. The highest BCUT2D eigenvalue weighted by Gasteiger charge is 2.09. The zero-order valence-corrected chi connectivity index (χ0v) is 11.5. The van der Waals surface area contributed by atoms with Crippen molar-refractivity contribution >= 4 is 27.3 Å². The second kappa shape index (κ2) is 6.68. The molecule has 96 valence electrons. The maximum Gasteiger partial charge on any atom is 0.160 e. The molecule has 0 aromatic heterocycles. The molecule has 0 heterocycles. The van der Waals surface area contributed by atoms with Crippen LogP contribution in [0.25, 0.3) is 0 Å².